The number of rotatable bonds is 10. The van der Waals surface area contributed by atoms with Gasteiger partial charge in [0, 0.05) is 15.7 Å². The van der Waals surface area contributed by atoms with Crippen LogP contribution in [-0.4, -0.2) is 26.6 Å². The van der Waals surface area contributed by atoms with Crippen LogP contribution in [0.4, 0.5) is 10.1 Å². The molecule has 2 saturated heterocycles. The number of halogens is 2. The lowest BCUT2D eigenvalue weighted by Crippen LogP contribution is -2.62. The van der Waals surface area contributed by atoms with Crippen LogP contribution in [0, 0.1) is 11.2 Å². The summed E-state index contributed by atoms with van der Waals surface area (Å²) in [6.07, 6.45) is 0.674. The van der Waals surface area contributed by atoms with E-state index < -0.39 is 13.7 Å². The molecule has 224 valence electrons. The highest BCUT2D eigenvalue weighted by molar-refractivity contribution is 9.10. The van der Waals surface area contributed by atoms with E-state index in [1.807, 2.05) is 72.5 Å². The molecule has 2 aliphatic rings. The predicted octanol–water partition coefficient (Wildman–Crippen LogP) is 9.35. The van der Waals surface area contributed by atoms with Crippen molar-refractivity contribution in [3.63, 3.8) is 0 Å². The number of benzene rings is 3. The third-order valence-corrected chi connectivity index (χ3v) is 14.2. The Hall–Kier alpha value is -2.52. The van der Waals surface area contributed by atoms with Gasteiger partial charge in [0.05, 0.1) is 17.6 Å². The average Bonchev–Trinajstić information content (AvgIpc) is 3.63. The van der Waals surface area contributed by atoms with Gasteiger partial charge in [0.1, 0.15) is 17.7 Å². The number of anilines is 1. The van der Waals surface area contributed by atoms with Gasteiger partial charge in [-0.1, -0.05) is 73.1 Å². The monoisotopic (exact) mass is 653 g/mol. The van der Waals surface area contributed by atoms with Crippen LogP contribution in [0.1, 0.15) is 70.7 Å². The topological polar surface area (TPSA) is 51.3 Å². The smallest absolute Gasteiger partial charge is 0.235 e. The number of nitrogens with zero attached hydrogens (tertiary/aromatic N) is 1. The Morgan fingerprint density at radius 2 is 1.71 bits per heavy atom. The molecule has 5 rings (SSSR count). The lowest BCUT2D eigenvalue weighted by atomic mass is 9.65. The summed E-state index contributed by atoms with van der Waals surface area (Å²) < 4.78 is 33.6. The van der Waals surface area contributed by atoms with Gasteiger partial charge in [0.25, 0.3) is 0 Å². The molecule has 0 aromatic heterocycles. The van der Waals surface area contributed by atoms with E-state index in [1.54, 1.807) is 0 Å². The molecule has 2 fully saturated rings. The Morgan fingerprint density at radius 1 is 1.07 bits per heavy atom. The minimum Gasteiger partial charge on any atom is -0.462 e. The van der Waals surface area contributed by atoms with E-state index in [0.29, 0.717) is 18.6 Å². The summed E-state index contributed by atoms with van der Waals surface area (Å²) in [6.45, 7) is 15.1. The summed E-state index contributed by atoms with van der Waals surface area (Å²) in [5.74, 6) is 0.492. The summed E-state index contributed by atoms with van der Waals surface area (Å²) in [6, 6.07) is 22.1. The molecule has 2 heterocycles. The predicted molar refractivity (Wildman–Crippen MR) is 171 cm³/mol. The Labute approximate surface area is 258 Å². The molecule has 0 spiro atoms. The van der Waals surface area contributed by atoms with Crippen LogP contribution in [0.15, 0.2) is 77.3 Å². The number of β-lactam (4-membered cyclic amide) rings is 1. The number of ether oxygens (including phenoxy) is 2. The standard InChI is InChI=1S/C34H41BrFNO4Si/c1-22-31(39-22)40-29-21-24(35)15-18-27(29)30-34(5,32(38)37(30)26-11-9-8-10-12-26)20-19-28(23-13-16-25(36)17-14-23)41-42(6,7)33(2,3)4/h8-18,21-22,28,30-31H,19-20H2,1-7H3/t22?,28?,30-,31?,34?/m1/s1. The van der Waals surface area contributed by atoms with Crippen molar-refractivity contribution in [2.75, 3.05) is 4.90 Å². The molecule has 3 aromatic rings. The van der Waals surface area contributed by atoms with E-state index >= 15 is 0 Å². The van der Waals surface area contributed by atoms with Crippen molar-refractivity contribution in [3.05, 3.63) is 94.2 Å². The maximum atomic E-state index is 14.1. The largest absolute Gasteiger partial charge is 0.462 e. The van der Waals surface area contributed by atoms with E-state index in [-0.39, 0.29) is 41.3 Å². The van der Waals surface area contributed by atoms with Crippen LogP contribution < -0.4 is 9.64 Å². The van der Waals surface area contributed by atoms with Crippen molar-refractivity contribution in [2.45, 2.75) is 90.1 Å². The van der Waals surface area contributed by atoms with Crippen molar-refractivity contribution in [2.24, 2.45) is 5.41 Å². The fraction of sp³-hybridized carbons (Fsp3) is 0.441. The zero-order chi connectivity index (χ0) is 30.4. The first-order chi connectivity index (χ1) is 19.7. The molecule has 5 atom stereocenters. The molecule has 0 N–H and O–H groups in total. The van der Waals surface area contributed by atoms with Gasteiger partial charge in [-0.3, -0.25) is 4.79 Å². The average molecular weight is 655 g/mol. The highest BCUT2D eigenvalue weighted by atomic mass is 79.9. The zero-order valence-electron chi connectivity index (χ0n) is 25.5. The van der Waals surface area contributed by atoms with Crippen LogP contribution in [-0.2, 0) is 14.0 Å². The lowest BCUT2D eigenvalue weighted by molar-refractivity contribution is -0.140. The van der Waals surface area contributed by atoms with E-state index in [1.165, 1.54) is 12.1 Å². The number of carbonyl (C=O) groups is 1. The van der Waals surface area contributed by atoms with E-state index in [0.717, 1.165) is 21.3 Å². The van der Waals surface area contributed by atoms with Crippen LogP contribution in [0.25, 0.3) is 0 Å². The molecular weight excluding hydrogens is 613 g/mol. The molecule has 0 aliphatic carbocycles. The molecule has 1 amide bonds. The number of hydrogen-bond donors (Lipinski definition) is 0. The Morgan fingerprint density at radius 3 is 2.31 bits per heavy atom. The first-order valence-corrected chi connectivity index (χ1v) is 18.3. The third-order valence-electron chi connectivity index (χ3n) is 9.18. The van der Waals surface area contributed by atoms with Crippen molar-refractivity contribution < 1.29 is 23.1 Å². The van der Waals surface area contributed by atoms with Gasteiger partial charge < -0.3 is 18.8 Å². The number of para-hydroxylation sites is 1. The maximum absolute atomic E-state index is 14.1. The SMILES string of the molecule is CC1OC1Oc1cc(Br)ccc1[C@H]1N(c2ccccc2)C(=O)C1(C)CCC(O[Si](C)(C)C(C)(C)C)c1ccc(F)cc1. The maximum Gasteiger partial charge on any atom is 0.235 e. The Kier molecular flexibility index (Phi) is 8.48. The molecule has 2 aliphatic heterocycles. The van der Waals surface area contributed by atoms with Crippen LogP contribution in [0.5, 0.6) is 5.75 Å². The molecule has 0 bridgehead atoms. The number of hydrogen-bond acceptors (Lipinski definition) is 4. The highest BCUT2D eigenvalue weighted by Gasteiger charge is 2.59. The lowest BCUT2D eigenvalue weighted by Gasteiger charge is -2.55. The normalized spacial score (nSPS) is 24.7. The summed E-state index contributed by atoms with van der Waals surface area (Å²) >= 11 is 3.60. The van der Waals surface area contributed by atoms with Crippen molar-refractivity contribution in [1.82, 2.24) is 0 Å². The van der Waals surface area contributed by atoms with Gasteiger partial charge in [-0.25, -0.2) is 4.39 Å². The molecule has 4 unspecified atom stereocenters. The first kappa shape index (κ1) is 30.9. The number of carbonyl (C=O) groups excluding carboxylic acids is 1. The Bertz CT molecular complexity index is 1430. The van der Waals surface area contributed by atoms with Crippen LogP contribution in [0.2, 0.25) is 18.1 Å². The summed E-state index contributed by atoms with van der Waals surface area (Å²) in [7, 11) is -2.18. The zero-order valence-corrected chi connectivity index (χ0v) is 28.1. The molecule has 0 saturated carbocycles. The third kappa shape index (κ3) is 6.09. The molecule has 8 heteroatoms. The van der Waals surface area contributed by atoms with E-state index in [4.69, 9.17) is 13.9 Å². The van der Waals surface area contributed by atoms with Crippen molar-refractivity contribution in [1.29, 1.82) is 0 Å². The minimum absolute atomic E-state index is 0.000200. The summed E-state index contributed by atoms with van der Waals surface area (Å²) in [4.78, 5) is 16.0. The second kappa shape index (κ2) is 11.5. The van der Waals surface area contributed by atoms with Crippen molar-refractivity contribution >= 4 is 35.8 Å². The van der Waals surface area contributed by atoms with Gasteiger partial charge in [0.2, 0.25) is 12.2 Å². The fourth-order valence-corrected chi connectivity index (χ4v) is 7.15. The summed E-state index contributed by atoms with van der Waals surface area (Å²) in [5.41, 5.74) is 2.01. The quantitative estimate of drug-likeness (QED) is 0.124. The van der Waals surface area contributed by atoms with Crippen LogP contribution >= 0.6 is 15.9 Å². The Balaban J connectivity index is 1.50. The van der Waals surface area contributed by atoms with Gasteiger partial charge in [-0.15, -0.1) is 0 Å². The number of amides is 1. The van der Waals surface area contributed by atoms with Gasteiger partial charge >= 0.3 is 0 Å². The second-order valence-corrected chi connectivity index (χ2v) is 19.0. The molecular formula is C34H41BrFNO4Si. The molecule has 0 radical (unpaired) electrons. The van der Waals surface area contributed by atoms with Gasteiger partial charge in [-0.2, -0.15) is 0 Å². The van der Waals surface area contributed by atoms with Crippen molar-refractivity contribution in [3.8, 4) is 5.75 Å². The first-order valence-electron chi connectivity index (χ1n) is 14.6. The fourth-order valence-electron chi connectivity index (χ4n) is 5.49. The summed E-state index contributed by atoms with van der Waals surface area (Å²) in [5, 5.41) is -0.000200. The van der Waals surface area contributed by atoms with E-state index in [2.05, 4.69) is 56.7 Å². The van der Waals surface area contributed by atoms with Gasteiger partial charge in [-0.05, 0) is 86.8 Å². The highest BCUT2D eigenvalue weighted by Crippen LogP contribution is 2.57. The molecule has 5 nitrogen and oxygen atoms in total. The second-order valence-electron chi connectivity index (χ2n) is 13.3. The molecule has 3 aromatic carbocycles. The van der Waals surface area contributed by atoms with Gasteiger partial charge in [0.15, 0.2) is 8.32 Å². The van der Waals surface area contributed by atoms with Crippen LogP contribution in [0.3, 0.4) is 0 Å². The minimum atomic E-state index is -2.18. The molecule has 42 heavy (non-hydrogen) atoms. The number of epoxide rings is 1. The van der Waals surface area contributed by atoms with E-state index in [9.17, 15) is 9.18 Å².